The van der Waals surface area contributed by atoms with Gasteiger partial charge in [-0.2, -0.15) is 11.1 Å². The molecule has 2 atom stereocenters. The molecule has 6 heteroatoms. The van der Waals surface area contributed by atoms with Crippen LogP contribution < -0.4 is 0 Å². The Hall–Kier alpha value is -2.89. The third-order valence-corrected chi connectivity index (χ3v) is 9.41. The van der Waals surface area contributed by atoms with E-state index in [0.29, 0.717) is 33.4 Å². The summed E-state index contributed by atoms with van der Waals surface area (Å²) in [6.45, 7) is 0. The topological polar surface area (TPSA) is 0 Å². The Labute approximate surface area is 195 Å². The van der Waals surface area contributed by atoms with E-state index in [-0.39, 0.29) is 0 Å². The fourth-order valence-electron chi connectivity index (χ4n) is 5.82. The first kappa shape index (κ1) is 20.7. The van der Waals surface area contributed by atoms with Gasteiger partial charge in [0.1, 0.15) is 32.1 Å². The number of hydrogen-bond acceptors (Lipinski definition) is 0. The highest BCUT2D eigenvalue weighted by molar-refractivity contribution is 6.94. The van der Waals surface area contributed by atoms with E-state index in [1.54, 1.807) is 24.3 Å². The Kier molecular flexibility index (Phi) is 4.75. The van der Waals surface area contributed by atoms with Crippen molar-refractivity contribution >= 4 is 19.9 Å². The van der Waals surface area contributed by atoms with Gasteiger partial charge in [0, 0.05) is 23.0 Å². The fourth-order valence-corrected chi connectivity index (χ4v) is 8.22. The molecule has 0 aliphatic heterocycles. The van der Waals surface area contributed by atoms with Gasteiger partial charge in [-0.1, -0.05) is 36.4 Å². The fraction of sp³-hybridized carbons (Fsp3) is 0.111. The molecule has 0 spiro atoms. The Morgan fingerprint density at radius 2 is 1.06 bits per heavy atom. The first-order valence-corrected chi connectivity index (χ1v) is 13.7. The molecule has 0 aromatic heterocycles. The number of fused-ring (bicyclic) bond motifs is 6. The highest BCUT2D eigenvalue weighted by atomic mass is 35.6. The quantitative estimate of drug-likeness (QED) is 0.164. The zero-order chi connectivity index (χ0) is 22.9. The summed E-state index contributed by atoms with van der Waals surface area (Å²) in [7, 11) is -1.45. The Balaban J connectivity index is 1.63. The van der Waals surface area contributed by atoms with Crippen LogP contribution in [0.1, 0.15) is 34.1 Å². The Morgan fingerprint density at radius 3 is 1.48 bits per heavy atom. The van der Waals surface area contributed by atoms with Crippen molar-refractivity contribution in [1.29, 1.82) is 0 Å². The molecule has 6 rings (SSSR count). The van der Waals surface area contributed by atoms with Crippen LogP contribution in [0.4, 0.5) is 17.6 Å². The predicted octanol–water partition coefficient (Wildman–Crippen LogP) is 7.28. The molecule has 4 aromatic carbocycles. The van der Waals surface area contributed by atoms with Gasteiger partial charge < -0.3 is 0 Å². The first-order chi connectivity index (χ1) is 16.0. The summed E-state index contributed by atoms with van der Waals surface area (Å²) < 4.78 is 59.3. The summed E-state index contributed by atoms with van der Waals surface area (Å²) in [6, 6.07) is 18.6. The van der Waals surface area contributed by atoms with Gasteiger partial charge in [-0.15, -0.1) is 0 Å². The first-order valence-electron chi connectivity index (χ1n) is 10.7. The maximum absolute atomic E-state index is 15.3. The van der Waals surface area contributed by atoms with E-state index in [9.17, 15) is 8.78 Å². The molecule has 0 saturated heterocycles. The minimum Gasteiger partial charge on any atom is -0.207 e. The molecular formula is C27H17ClF4Si. The average Bonchev–Trinajstić information content (AvgIpc) is 3.29. The second-order valence-corrected chi connectivity index (χ2v) is 10.8. The van der Waals surface area contributed by atoms with Crippen molar-refractivity contribution in [2.24, 2.45) is 0 Å². The van der Waals surface area contributed by atoms with Crippen molar-refractivity contribution in [2.75, 3.05) is 0 Å². The van der Waals surface area contributed by atoms with Gasteiger partial charge in [0.2, 0.25) is 0 Å². The molecule has 2 aliphatic carbocycles. The van der Waals surface area contributed by atoms with Crippen LogP contribution in [0.2, 0.25) is 5.54 Å². The zero-order valence-electron chi connectivity index (χ0n) is 17.3. The lowest BCUT2D eigenvalue weighted by atomic mass is 9.81. The summed E-state index contributed by atoms with van der Waals surface area (Å²) in [4.78, 5) is 0. The van der Waals surface area contributed by atoms with Gasteiger partial charge >= 0.3 is 0 Å². The number of hydrogen-bond donors (Lipinski definition) is 0. The van der Waals surface area contributed by atoms with E-state index in [2.05, 4.69) is 0 Å². The second-order valence-electron chi connectivity index (χ2n) is 8.64. The van der Waals surface area contributed by atoms with Crippen molar-refractivity contribution in [3.05, 3.63) is 118 Å². The summed E-state index contributed by atoms with van der Waals surface area (Å²) in [5.41, 5.74) is 4.72. The molecule has 0 nitrogen and oxygen atoms in total. The maximum atomic E-state index is 15.3. The molecule has 0 fully saturated rings. The monoisotopic (exact) mass is 480 g/mol. The van der Waals surface area contributed by atoms with Crippen LogP contribution in [0.25, 0.3) is 22.3 Å². The van der Waals surface area contributed by atoms with Crippen LogP contribution in [-0.4, -0.2) is 8.83 Å². The van der Waals surface area contributed by atoms with Crippen LogP contribution in [0.3, 0.4) is 0 Å². The highest BCUT2D eigenvalue weighted by Crippen LogP contribution is 2.60. The van der Waals surface area contributed by atoms with Crippen molar-refractivity contribution in [3.8, 4) is 22.3 Å². The van der Waals surface area contributed by atoms with Crippen molar-refractivity contribution < 1.29 is 17.6 Å². The minimum atomic E-state index is -1.45. The Bertz CT molecular complexity index is 1330. The zero-order valence-corrected chi connectivity index (χ0v) is 19.4. The van der Waals surface area contributed by atoms with Crippen molar-refractivity contribution in [1.82, 2.24) is 0 Å². The maximum Gasteiger partial charge on any atom is 0.130 e. The van der Waals surface area contributed by atoms with E-state index in [0.717, 1.165) is 11.1 Å². The lowest BCUT2D eigenvalue weighted by molar-refractivity contribution is 0.554. The normalized spacial score (nSPS) is 18.8. The lowest BCUT2D eigenvalue weighted by Gasteiger charge is -2.30. The van der Waals surface area contributed by atoms with Gasteiger partial charge in [-0.05, 0) is 75.3 Å². The van der Waals surface area contributed by atoms with Gasteiger partial charge in [-0.25, -0.2) is 17.6 Å². The molecular weight excluding hydrogens is 464 g/mol. The van der Waals surface area contributed by atoms with Crippen LogP contribution in [0.5, 0.6) is 0 Å². The molecule has 33 heavy (non-hydrogen) atoms. The van der Waals surface area contributed by atoms with Gasteiger partial charge in [0.15, 0.2) is 0 Å². The second kappa shape index (κ2) is 7.57. The summed E-state index contributed by atoms with van der Waals surface area (Å²) in [6.07, 6.45) is 0. The van der Waals surface area contributed by atoms with Crippen LogP contribution in [-0.2, 0) is 0 Å². The van der Waals surface area contributed by atoms with Crippen LogP contribution >= 0.6 is 11.1 Å². The van der Waals surface area contributed by atoms with E-state index in [4.69, 9.17) is 11.1 Å². The van der Waals surface area contributed by atoms with Gasteiger partial charge in [-0.3, -0.25) is 0 Å². The third kappa shape index (κ3) is 2.95. The SMILES string of the molecule is Fc1ccc2c(c1)C(C([SiH2]Cl)C1c3cc(F)ccc3-c3cccc(F)c31)c1c(F)cccc1-2. The van der Waals surface area contributed by atoms with E-state index >= 15 is 8.78 Å². The summed E-state index contributed by atoms with van der Waals surface area (Å²) in [5, 5.41) is 0. The number of benzene rings is 4. The largest absolute Gasteiger partial charge is 0.207 e. The highest BCUT2D eigenvalue weighted by Gasteiger charge is 2.45. The van der Waals surface area contributed by atoms with Gasteiger partial charge in [0.25, 0.3) is 0 Å². The number of halogens is 5. The molecule has 0 heterocycles. The molecule has 0 saturated carbocycles. The third-order valence-electron chi connectivity index (χ3n) is 7.04. The van der Waals surface area contributed by atoms with Gasteiger partial charge in [0.05, 0.1) is 0 Å². The van der Waals surface area contributed by atoms with Crippen LogP contribution in [0.15, 0.2) is 72.8 Å². The molecule has 2 aliphatic rings. The van der Waals surface area contributed by atoms with Crippen molar-refractivity contribution in [2.45, 2.75) is 17.4 Å². The smallest absolute Gasteiger partial charge is 0.130 e. The molecule has 0 bridgehead atoms. The standard InChI is InChI=1S/C27H17ClF4Si/c28-33-27(25-19-11-13(29)7-9-15(19)17-3-1-5-21(31)23(17)25)26-20-12-14(30)8-10-16(20)18-4-2-6-22(32)24(18)26/h1-12,25-27H,33H2. The minimum absolute atomic E-state index is 0.399. The van der Waals surface area contributed by atoms with E-state index in [1.807, 2.05) is 12.1 Å². The van der Waals surface area contributed by atoms with Crippen molar-refractivity contribution in [3.63, 3.8) is 0 Å². The summed E-state index contributed by atoms with van der Waals surface area (Å²) in [5.74, 6) is -2.75. The Morgan fingerprint density at radius 1 is 0.606 bits per heavy atom. The molecule has 0 radical (unpaired) electrons. The van der Waals surface area contributed by atoms with E-state index in [1.165, 1.54) is 36.4 Å². The average molecular weight is 481 g/mol. The molecule has 0 N–H and O–H groups in total. The number of rotatable bonds is 3. The molecule has 2 unspecified atom stereocenters. The van der Waals surface area contributed by atoms with Crippen LogP contribution in [0, 0.1) is 23.3 Å². The predicted molar refractivity (Wildman–Crippen MR) is 125 cm³/mol. The molecule has 4 aromatic rings. The van der Waals surface area contributed by atoms with E-state index < -0.39 is 49.5 Å². The molecule has 0 amide bonds. The molecule has 164 valence electrons. The lowest BCUT2D eigenvalue weighted by Crippen LogP contribution is -2.20. The summed E-state index contributed by atoms with van der Waals surface area (Å²) >= 11 is 6.68.